The second-order valence-corrected chi connectivity index (χ2v) is 9.87. The quantitative estimate of drug-likeness (QED) is 0.229. The second kappa shape index (κ2) is 10.0. The molecule has 7 aromatic rings. The molecule has 0 fully saturated rings. The Bertz CT molecular complexity index is 1950. The van der Waals surface area contributed by atoms with E-state index in [9.17, 15) is 10.0 Å². The molecule has 0 unspecified atom stereocenters. The summed E-state index contributed by atoms with van der Waals surface area (Å²) in [5, 5.41) is 22.3. The first kappa shape index (κ1) is 24.2. The summed E-state index contributed by atoms with van der Waals surface area (Å²) in [6, 6.07) is 47.1. The Morgan fingerprint density at radius 3 is 1.30 bits per heavy atom. The minimum Gasteiger partial charge on any atom is -0.456 e. The van der Waals surface area contributed by atoms with E-state index in [0.717, 1.165) is 55.3 Å². The summed E-state index contributed by atoms with van der Waals surface area (Å²) in [5.74, 6) is 0. The lowest BCUT2D eigenvalue weighted by Gasteiger charge is -2.22. The number of fused-ring (bicyclic) bond motifs is 3. The fourth-order valence-electron chi connectivity index (χ4n) is 5.82. The highest BCUT2D eigenvalue weighted by Crippen LogP contribution is 2.52. The molecule has 0 saturated carbocycles. The normalized spacial score (nSPS) is 11.2. The maximum absolute atomic E-state index is 10.3. The van der Waals surface area contributed by atoms with Gasteiger partial charge in [-0.25, -0.2) is 0 Å². The molecule has 0 spiro atoms. The third-order valence-corrected chi connectivity index (χ3v) is 7.50. The predicted octanol–water partition coefficient (Wildman–Crippen LogP) is 7.93. The van der Waals surface area contributed by atoms with Crippen LogP contribution < -0.4 is 5.46 Å². The van der Waals surface area contributed by atoms with Crippen LogP contribution in [0.2, 0.25) is 0 Å². The zero-order chi connectivity index (χ0) is 27.1. The lowest BCUT2D eigenvalue weighted by Crippen LogP contribution is -2.29. The van der Waals surface area contributed by atoms with Gasteiger partial charge in [-0.05, 0) is 27.8 Å². The van der Waals surface area contributed by atoms with E-state index in [1.54, 1.807) is 6.07 Å². The summed E-state index contributed by atoms with van der Waals surface area (Å²) in [6.45, 7) is 0. The lowest BCUT2D eigenvalue weighted by atomic mass is 9.78. The van der Waals surface area contributed by atoms with Gasteiger partial charge < -0.3 is 14.5 Å². The van der Waals surface area contributed by atoms with E-state index in [4.69, 9.17) is 4.42 Å². The molecule has 190 valence electrons. The summed E-state index contributed by atoms with van der Waals surface area (Å²) >= 11 is 0. The van der Waals surface area contributed by atoms with Crippen LogP contribution in [0.25, 0.3) is 66.4 Å². The molecule has 0 amide bonds. The van der Waals surface area contributed by atoms with Crippen LogP contribution in [-0.4, -0.2) is 17.2 Å². The van der Waals surface area contributed by atoms with E-state index >= 15 is 0 Å². The smallest absolute Gasteiger partial charge is 0.456 e. The predicted molar refractivity (Wildman–Crippen MR) is 165 cm³/mol. The van der Waals surface area contributed by atoms with Gasteiger partial charge in [-0.2, -0.15) is 0 Å². The molecule has 0 aliphatic heterocycles. The number of para-hydroxylation sites is 1. The molecule has 0 bridgehead atoms. The Hall–Kier alpha value is -4.90. The summed E-state index contributed by atoms with van der Waals surface area (Å²) < 4.78 is 6.73. The van der Waals surface area contributed by atoms with E-state index in [-0.39, 0.29) is 0 Å². The van der Waals surface area contributed by atoms with Crippen LogP contribution in [0.4, 0.5) is 0 Å². The van der Waals surface area contributed by atoms with E-state index < -0.39 is 7.12 Å². The second-order valence-electron chi connectivity index (χ2n) is 9.87. The summed E-state index contributed by atoms with van der Waals surface area (Å²) in [7, 11) is -1.66. The highest BCUT2D eigenvalue weighted by molar-refractivity contribution is 6.62. The first-order valence-corrected chi connectivity index (χ1v) is 13.4. The Balaban J connectivity index is 1.82. The van der Waals surface area contributed by atoms with Crippen LogP contribution in [0, 0.1) is 0 Å². The van der Waals surface area contributed by atoms with E-state index in [0.29, 0.717) is 16.6 Å². The van der Waals surface area contributed by atoms with Crippen molar-refractivity contribution < 1.29 is 14.5 Å². The molecule has 1 heterocycles. The fraction of sp³-hybridized carbons (Fsp3) is 0. The molecule has 7 rings (SSSR count). The van der Waals surface area contributed by atoms with Gasteiger partial charge in [-0.3, -0.25) is 0 Å². The summed E-state index contributed by atoms with van der Waals surface area (Å²) in [6.07, 6.45) is 0. The van der Waals surface area contributed by atoms with E-state index in [2.05, 4.69) is 84.9 Å². The van der Waals surface area contributed by atoms with Gasteiger partial charge in [0.15, 0.2) is 0 Å². The van der Waals surface area contributed by atoms with E-state index in [1.807, 2.05) is 48.5 Å². The third kappa shape index (κ3) is 3.94. The Morgan fingerprint density at radius 1 is 0.400 bits per heavy atom. The number of benzene rings is 6. The average Bonchev–Trinajstić information content (AvgIpc) is 3.41. The Labute approximate surface area is 232 Å². The highest BCUT2D eigenvalue weighted by atomic mass is 16.4. The zero-order valence-corrected chi connectivity index (χ0v) is 21.7. The van der Waals surface area contributed by atoms with Crippen molar-refractivity contribution >= 4 is 34.5 Å². The molecular weight excluding hydrogens is 491 g/mol. The van der Waals surface area contributed by atoms with Gasteiger partial charge in [-0.15, -0.1) is 0 Å². The van der Waals surface area contributed by atoms with Crippen molar-refractivity contribution in [1.82, 2.24) is 0 Å². The van der Waals surface area contributed by atoms with Gasteiger partial charge in [0.2, 0.25) is 0 Å². The Morgan fingerprint density at radius 2 is 0.825 bits per heavy atom. The van der Waals surface area contributed by atoms with Crippen LogP contribution in [-0.2, 0) is 0 Å². The molecule has 3 nitrogen and oxygen atoms in total. The van der Waals surface area contributed by atoms with Gasteiger partial charge in [0, 0.05) is 32.9 Å². The van der Waals surface area contributed by atoms with Crippen LogP contribution >= 0.6 is 0 Å². The molecule has 0 aliphatic rings. The molecule has 6 aromatic carbocycles. The minimum atomic E-state index is -1.66. The van der Waals surface area contributed by atoms with Gasteiger partial charge in [0.25, 0.3) is 0 Å². The molecule has 4 heteroatoms. The van der Waals surface area contributed by atoms with Crippen LogP contribution in [0.1, 0.15) is 0 Å². The molecule has 0 radical (unpaired) electrons. The summed E-state index contributed by atoms with van der Waals surface area (Å²) in [5.41, 5.74) is 9.95. The van der Waals surface area contributed by atoms with E-state index in [1.165, 1.54) is 0 Å². The van der Waals surface area contributed by atoms with Crippen LogP contribution in [0.5, 0.6) is 0 Å². The van der Waals surface area contributed by atoms with Gasteiger partial charge in [-0.1, -0.05) is 140 Å². The molecule has 40 heavy (non-hydrogen) atoms. The standard InChI is InChI=1S/C36H25BO3/c38-37(39)29-23-13-22-28-34-32(26-18-9-3-10-19-26)30(24-14-5-1-6-15-24)31(25-16-7-2-8-17-25)33(36(34)40-35(28)29)27-20-11-4-12-21-27/h1-23,38-39H. The van der Waals surface area contributed by atoms with Gasteiger partial charge in [0.05, 0.1) is 0 Å². The average molecular weight is 516 g/mol. The van der Waals surface area contributed by atoms with Crippen LogP contribution in [0.15, 0.2) is 144 Å². The van der Waals surface area contributed by atoms with Crippen molar-refractivity contribution in [2.75, 3.05) is 0 Å². The number of hydrogen-bond acceptors (Lipinski definition) is 3. The van der Waals surface area contributed by atoms with Crippen molar-refractivity contribution in [2.45, 2.75) is 0 Å². The summed E-state index contributed by atoms with van der Waals surface area (Å²) in [4.78, 5) is 0. The largest absolute Gasteiger partial charge is 0.492 e. The monoisotopic (exact) mass is 516 g/mol. The van der Waals surface area contributed by atoms with Gasteiger partial charge >= 0.3 is 7.12 Å². The van der Waals surface area contributed by atoms with Crippen molar-refractivity contribution in [3.05, 3.63) is 140 Å². The number of furan rings is 1. The first-order valence-electron chi connectivity index (χ1n) is 13.4. The number of rotatable bonds is 5. The maximum atomic E-state index is 10.3. The molecule has 0 saturated heterocycles. The molecule has 0 aliphatic carbocycles. The highest BCUT2D eigenvalue weighted by Gasteiger charge is 2.29. The SMILES string of the molecule is OB(O)c1cccc2c1oc1c(-c3ccccc3)c(-c3ccccc3)c(-c3ccccc3)c(-c3ccccc3)c12. The topological polar surface area (TPSA) is 53.6 Å². The zero-order valence-electron chi connectivity index (χ0n) is 21.7. The van der Waals surface area contributed by atoms with Gasteiger partial charge in [0.1, 0.15) is 11.2 Å². The first-order chi connectivity index (χ1) is 19.7. The number of hydrogen-bond donors (Lipinski definition) is 2. The van der Waals surface area contributed by atoms with Crippen molar-refractivity contribution in [2.24, 2.45) is 0 Å². The molecule has 0 atom stereocenters. The van der Waals surface area contributed by atoms with Crippen molar-refractivity contribution in [3.63, 3.8) is 0 Å². The van der Waals surface area contributed by atoms with Crippen molar-refractivity contribution in [1.29, 1.82) is 0 Å². The molecule has 2 N–H and O–H groups in total. The Kier molecular flexibility index (Phi) is 6.05. The minimum absolute atomic E-state index is 0.342. The lowest BCUT2D eigenvalue weighted by molar-refractivity contribution is 0.425. The fourth-order valence-corrected chi connectivity index (χ4v) is 5.82. The maximum Gasteiger partial charge on any atom is 0.492 e. The van der Waals surface area contributed by atoms with Crippen LogP contribution in [0.3, 0.4) is 0 Å². The molecular formula is C36H25BO3. The van der Waals surface area contributed by atoms with Crippen molar-refractivity contribution in [3.8, 4) is 44.5 Å². The molecule has 1 aromatic heterocycles. The third-order valence-electron chi connectivity index (χ3n) is 7.50.